The number of nitrogens with one attached hydrogen (secondary N) is 1. The summed E-state index contributed by atoms with van der Waals surface area (Å²) in [6.45, 7) is 0. The highest BCUT2D eigenvalue weighted by molar-refractivity contribution is 6.01. The fourth-order valence-corrected chi connectivity index (χ4v) is 1.66. The molecule has 0 aliphatic heterocycles. The van der Waals surface area contributed by atoms with E-state index in [0.29, 0.717) is 5.69 Å². The van der Waals surface area contributed by atoms with E-state index in [1.807, 2.05) is 0 Å². The van der Waals surface area contributed by atoms with Gasteiger partial charge >= 0.3 is 6.01 Å². The molecule has 3 aromatic heterocycles. The van der Waals surface area contributed by atoms with Gasteiger partial charge in [0.1, 0.15) is 5.69 Å². The van der Waals surface area contributed by atoms with Crippen molar-refractivity contribution in [1.29, 1.82) is 0 Å². The lowest BCUT2D eigenvalue weighted by molar-refractivity contribution is 0.101. The summed E-state index contributed by atoms with van der Waals surface area (Å²) in [6.07, 6.45) is 3.29. The fraction of sp³-hybridized carbons (Fsp3) is 0.182. The number of nitrogens with zero attached hydrogens (tertiary/aromatic N) is 6. The second-order valence-corrected chi connectivity index (χ2v) is 4.08. The Morgan fingerprint density at radius 3 is 2.80 bits per heavy atom. The smallest absolute Gasteiger partial charge is 0.322 e. The van der Waals surface area contributed by atoms with Crippen LogP contribution in [0.3, 0.4) is 0 Å². The highest BCUT2D eigenvalue weighted by Gasteiger charge is 2.15. The maximum atomic E-state index is 11.9. The molecule has 9 nitrogen and oxygen atoms in total. The first-order valence-corrected chi connectivity index (χ1v) is 5.76. The van der Waals surface area contributed by atoms with Crippen LogP contribution in [0.15, 0.2) is 28.9 Å². The number of carbonyl (C=O) groups excluding carboxylic acids is 1. The first-order valence-electron chi connectivity index (χ1n) is 5.76. The van der Waals surface area contributed by atoms with Crippen molar-refractivity contribution in [2.75, 3.05) is 5.32 Å². The maximum absolute atomic E-state index is 11.9. The van der Waals surface area contributed by atoms with Gasteiger partial charge in [0, 0.05) is 26.5 Å². The molecule has 0 fully saturated rings. The van der Waals surface area contributed by atoms with Gasteiger partial charge in [-0.05, 0) is 12.1 Å². The molecule has 9 heteroatoms. The van der Waals surface area contributed by atoms with Crippen molar-refractivity contribution in [2.45, 2.75) is 0 Å². The predicted molar refractivity (Wildman–Crippen MR) is 67.7 cm³/mol. The minimum absolute atomic E-state index is 0.0110. The molecule has 3 aromatic rings. The molecule has 0 unspecified atom stereocenters. The zero-order chi connectivity index (χ0) is 14.1. The summed E-state index contributed by atoms with van der Waals surface area (Å²) >= 11 is 0. The Bertz CT molecular complexity index is 754. The minimum atomic E-state index is -0.411. The van der Waals surface area contributed by atoms with E-state index < -0.39 is 5.91 Å². The van der Waals surface area contributed by atoms with Gasteiger partial charge in [-0.1, -0.05) is 5.10 Å². The van der Waals surface area contributed by atoms with E-state index >= 15 is 0 Å². The molecule has 0 aliphatic rings. The topological polar surface area (TPSA) is 104 Å². The molecule has 1 N–H and O–H groups in total. The Kier molecular flexibility index (Phi) is 2.78. The summed E-state index contributed by atoms with van der Waals surface area (Å²) in [6, 6.07) is 3.34. The molecule has 102 valence electrons. The lowest BCUT2D eigenvalue weighted by Gasteiger charge is -1.96. The number of amides is 1. The molecule has 3 heterocycles. The highest BCUT2D eigenvalue weighted by atomic mass is 16.4. The van der Waals surface area contributed by atoms with E-state index in [2.05, 4.69) is 25.7 Å². The van der Waals surface area contributed by atoms with Crippen molar-refractivity contribution in [2.24, 2.45) is 14.1 Å². The Balaban J connectivity index is 1.78. The van der Waals surface area contributed by atoms with E-state index in [-0.39, 0.29) is 17.6 Å². The molecule has 0 saturated heterocycles. The van der Waals surface area contributed by atoms with Gasteiger partial charge in [0.2, 0.25) is 0 Å². The van der Waals surface area contributed by atoms with Crippen LogP contribution in [0.1, 0.15) is 10.5 Å². The van der Waals surface area contributed by atoms with Crippen molar-refractivity contribution in [3.8, 4) is 11.6 Å². The summed E-state index contributed by atoms with van der Waals surface area (Å²) in [5.41, 5.74) is 0.934. The largest absolute Gasteiger partial charge is 0.401 e. The molecular formula is C11H11N7O2. The van der Waals surface area contributed by atoms with Gasteiger partial charge in [-0.15, -0.1) is 5.10 Å². The monoisotopic (exact) mass is 273 g/mol. The van der Waals surface area contributed by atoms with Crippen molar-refractivity contribution in [1.82, 2.24) is 29.8 Å². The highest BCUT2D eigenvalue weighted by Crippen LogP contribution is 2.18. The summed E-state index contributed by atoms with van der Waals surface area (Å²) in [7, 11) is 3.48. The van der Waals surface area contributed by atoms with E-state index in [4.69, 9.17) is 4.42 Å². The number of aromatic nitrogens is 6. The number of hydrogen-bond donors (Lipinski definition) is 1. The minimum Gasteiger partial charge on any atom is -0.401 e. The van der Waals surface area contributed by atoms with Gasteiger partial charge in [0.25, 0.3) is 11.8 Å². The summed E-state index contributed by atoms with van der Waals surface area (Å²) in [5.74, 6) is -0.132. The molecule has 0 saturated carbocycles. The predicted octanol–water partition coefficient (Wildman–Crippen LogP) is 0.456. The number of rotatable bonds is 3. The van der Waals surface area contributed by atoms with E-state index in [1.165, 1.54) is 4.68 Å². The van der Waals surface area contributed by atoms with Crippen LogP contribution in [0.5, 0.6) is 0 Å². The zero-order valence-electron chi connectivity index (χ0n) is 10.8. The van der Waals surface area contributed by atoms with Crippen LogP contribution >= 0.6 is 0 Å². The van der Waals surface area contributed by atoms with E-state index in [1.54, 1.807) is 43.3 Å². The first-order chi connectivity index (χ1) is 9.63. The number of aryl methyl sites for hydroxylation is 2. The Morgan fingerprint density at radius 2 is 2.15 bits per heavy atom. The fourth-order valence-electron chi connectivity index (χ4n) is 1.66. The van der Waals surface area contributed by atoms with Crippen LogP contribution in [0.2, 0.25) is 0 Å². The summed E-state index contributed by atoms with van der Waals surface area (Å²) in [4.78, 5) is 11.9. The molecule has 0 aromatic carbocycles. The molecule has 1 amide bonds. The van der Waals surface area contributed by atoms with Crippen LogP contribution in [0.25, 0.3) is 11.6 Å². The average molecular weight is 273 g/mol. The van der Waals surface area contributed by atoms with Crippen LogP contribution < -0.4 is 5.32 Å². The van der Waals surface area contributed by atoms with Crippen LogP contribution in [-0.4, -0.2) is 35.7 Å². The second kappa shape index (κ2) is 4.61. The van der Waals surface area contributed by atoms with E-state index in [9.17, 15) is 4.79 Å². The van der Waals surface area contributed by atoms with Crippen molar-refractivity contribution < 1.29 is 9.21 Å². The molecular weight excluding hydrogens is 262 g/mol. The SMILES string of the molecule is Cn1ccc(C(=O)Nc2nnc(-c3ccnn3C)o2)n1. The van der Waals surface area contributed by atoms with Gasteiger partial charge in [0.05, 0.1) is 0 Å². The van der Waals surface area contributed by atoms with E-state index in [0.717, 1.165) is 0 Å². The van der Waals surface area contributed by atoms with Crippen molar-refractivity contribution in [3.05, 3.63) is 30.2 Å². The number of carbonyl (C=O) groups is 1. The maximum Gasteiger partial charge on any atom is 0.322 e. The third kappa shape index (κ3) is 2.16. The quantitative estimate of drug-likeness (QED) is 0.743. The number of hydrogen-bond acceptors (Lipinski definition) is 6. The Hall–Kier alpha value is -2.97. The van der Waals surface area contributed by atoms with Gasteiger partial charge in [-0.25, -0.2) is 0 Å². The Labute approximate surface area is 113 Å². The standard InChI is InChI=1S/C11H11N7O2/c1-17-6-4-7(16-17)9(19)13-11-15-14-10(20-11)8-3-5-12-18(8)2/h3-6H,1-2H3,(H,13,15,19). The normalized spacial score (nSPS) is 10.7. The lowest BCUT2D eigenvalue weighted by atomic mass is 10.4. The first kappa shape index (κ1) is 12.1. The summed E-state index contributed by atoms with van der Waals surface area (Å²) in [5, 5.41) is 18.1. The molecule has 0 radical (unpaired) electrons. The Morgan fingerprint density at radius 1 is 1.30 bits per heavy atom. The molecule has 0 spiro atoms. The third-order valence-electron chi connectivity index (χ3n) is 2.63. The molecule has 20 heavy (non-hydrogen) atoms. The number of anilines is 1. The summed E-state index contributed by atoms with van der Waals surface area (Å²) < 4.78 is 8.48. The van der Waals surface area contributed by atoms with Crippen LogP contribution in [0, 0.1) is 0 Å². The van der Waals surface area contributed by atoms with Crippen molar-refractivity contribution in [3.63, 3.8) is 0 Å². The molecule has 0 bridgehead atoms. The van der Waals surface area contributed by atoms with Gasteiger partial charge in [-0.3, -0.25) is 19.5 Å². The van der Waals surface area contributed by atoms with Gasteiger partial charge in [0.15, 0.2) is 5.69 Å². The zero-order valence-corrected chi connectivity index (χ0v) is 10.8. The van der Waals surface area contributed by atoms with Gasteiger partial charge < -0.3 is 4.42 Å². The molecule has 3 rings (SSSR count). The average Bonchev–Trinajstić information content (AvgIpc) is 3.10. The second-order valence-electron chi connectivity index (χ2n) is 4.08. The third-order valence-corrected chi connectivity index (χ3v) is 2.63. The van der Waals surface area contributed by atoms with Crippen molar-refractivity contribution >= 4 is 11.9 Å². The van der Waals surface area contributed by atoms with Crippen LogP contribution in [0.4, 0.5) is 6.01 Å². The lowest BCUT2D eigenvalue weighted by Crippen LogP contribution is -2.13. The molecule has 0 atom stereocenters. The van der Waals surface area contributed by atoms with Crippen LogP contribution in [-0.2, 0) is 14.1 Å². The van der Waals surface area contributed by atoms with Gasteiger partial charge in [-0.2, -0.15) is 10.2 Å². The molecule has 0 aliphatic carbocycles.